The van der Waals surface area contributed by atoms with Crippen LogP contribution in [0.15, 0.2) is 0 Å². The van der Waals surface area contributed by atoms with Gasteiger partial charge in [0.2, 0.25) is 0 Å². The van der Waals surface area contributed by atoms with Crippen LogP contribution in [0, 0.1) is 17.2 Å². The Hall–Kier alpha value is -0.590. The van der Waals surface area contributed by atoms with E-state index in [-0.39, 0.29) is 6.61 Å². The van der Waals surface area contributed by atoms with Gasteiger partial charge in [0.05, 0.1) is 12.6 Å². The third-order valence-electron chi connectivity index (χ3n) is 2.16. The number of piperidine rings is 1. The summed E-state index contributed by atoms with van der Waals surface area (Å²) >= 11 is 0. The van der Waals surface area contributed by atoms with Crippen molar-refractivity contribution in [2.24, 2.45) is 5.92 Å². The van der Waals surface area contributed by atoms with Crippen molar-refractivity contribution in [1.29, 1.82) is 5.26 Å². The topological polar surface area (TPSA) is 47.3 Å². The van der Waals surface area contributed by atoms with Crippen LogP contribution >= 0.6 is 0 Å². The van der Waals surface area contributed by atoms with Crippen LogP contribution in [0.2, 0.25) is 0 Å². The molecule has 0 amide bonds. The van der Waals surface area contributed by atoms with Crippen molar-refractivity contribution in [3.05, 3.63) is 0 Å². The quantitative estimate of drug-likeness (QED) is 0.578. The third-order valence-corrected chi connectivity index (χ3v) is 2.16. The van der Waals surface area contributed by atoms with Crippen LogP contribution in [0.4, 0.5) is 0 Å². The van der Waals surface area contributed by atoms with E-state index in [4.69, 9.17) is 10.4 Å². The molecule has 1 rings (SSSR count). The number of hydrogen-bond acceptors (Lipinski definition) is 3. The summed E-state index contributed by atoms with van der Waals surface area (Å²) in [7, 11) is 0. The van der Waals surface area contributed by atoms with Gasteiger partial charge in [-0.15, -0.1) is 0 Å². The van der Waals surface area contributed by atoms with Crippen molar-refractivity contribution in [3.63, 3.8) is 0 Å². The number of aliphatic hydroxyl groups is 1. The average molecular weight is 154 g/mol. The van der Waals surface area contributed by atoms with Crippen LogP contribution in [0.5, 0.6) is 0 Å². The lowest BCUT2D eigenvalue weighted by molar-refractivity contribution is 0.130. The van der Waals surface area contributed by atoms with Gasteiger partial charge in [0, 0.05) is 13.2 Å². The Morgan fingerprint density at radius 1 is 1.64 bits per heavy atom. The lowest BCUT2D eigenvalue weighted by atomic mass is 9.99. The minimum Gasteiger partial charge on any atom is -0.396 e. The first-order valence-corrected chi connectivity index (χ1v) is 4.07. The fourth-order valence-corrected chi connectivity index (χ4v) is 1.54. The fraction of sp³-hybridized carbons (Fsp3) is 0.875. The molecule has 1 saturated heterocycles. The van der Waals surface area contributed by atoms with E-state index in [0.29, 0.717) is 12.5 Å². The van der Waals surface area contributed by atoms with Crippen LogP contribution in [-0.2, 0) is 0 Å². The zero-order chi connectivity index (χ0) is 8.10. The molecule has 1 atom stereocenters. The predicted molar refractivity (Wildman–Crippen MR) is 41.9 cm³/mol. The smallest absolute Gasteiger partial charge is 0.0866 e. The van der Waals surface area contributed by atoms with Crippen LogP contribution < -0.4 is 0 Å². The van der Waals surface area contributed by atoms with Gasteiger partial charge in [-0.05, 0) is 25.3 Å². The van der Waals surface area contributed by atoms with Crippen molar-refractivity contribution in [1.82, 2.24) is 4.90 Å². The van der Waals surface area contributed by atoms with E-state index in [1.54, 1.807) is 0 Å². The van der Waals surface area contributed by atoms with Crippen molar-refractivity contribution in [3.8, 4) is 6.07 Å². The summed E-state index contributed by atoms with van der Waals surface area (Å²) in [4.78, 5) is 2.10. The molecule has 1 heterocycles. The van der Waals surface area contributed by atoms with Crippen molar-refractivity contribution < 1.29 is 5.11 Å². The first-order valence-electron chi connectivity index (χ1n) is 4.07. The molecular formula is C8H14N2O. The van der Waals surface area contributed by atoms with Crippen LogP contribution in [0.1, 0.15) is 12.8 Å². The van der Waals surface area contributed by atoms with Gasteiger partial charge in [0.15, 0.2) is 0 Å². The molecule has 0 aromatic heterocycles. The first kappa shape index (κ1) is 8.51. The van der Waals surface area contributed by atoms with Crippen LogP contribution in [0.25, 0.3) is 0 Å². The number of aliphatic hydroxyl groups excluding tert-OH is 1. The van der Waals surface area contributed by atoms with Gasteiger partial charge in [0.1, 0.15) is 0 Å². The Kier molecular flexibility index (Phi) is 3.34. The number of likely N-dealkylation sites (tertiary alicyclic amines) is 1. The molecular weight excluding hydrogens is 140 g/mol. The molecule has 0 bridgehead atoms. The number of hydrogen-bond donors (Lipinski definition) is 1. The number of rotatable bonds is 2. The highest BCUT2D eigenvalue weighted by atomic mass is 16.3. The van der Waals surface area contributed by atoms with Crippen molar-refractivity contribution in [2.75, 3.05) is 26.2 Å². The van der Waals surface area contributed by atoms with E-state index < -0.39 is 0 Å². The van der Waals surface area contributed by atoms with Crippen LogP contribution in [0.3, 0.4) is 0 Å². The van der Waals surface area contributed by atoms with E-state index >= 15 is 0 Å². The summed E-state index contributed by atoms with van der Waals surface area (Å²) in [6.45, 7) is 2.69. The monoisotopic (exact) mass is 154 g/mol. The first-order chi connectivity index (χ1) is 5.36. The third kappa shape index (κ3) is 2.49. The Morgan fingerprint density at radius 2 is 2.45 bits per heavy atom. The minimum atomic E-state index is 0.266. The molecule has 0 spiro atoms. The molecule has 0 aromatic rings. The van der Waals surface area contributed by atoms with Gasteiger partial charge in [-0.2, -0.15) is 5.26 Å². The molecule has 0 aliphatic carbocycles. The Morgan fingerprint density at radius 3 is 3.09 bits per heavy atom. The molecule has 3 nitrogen and oxygen atoms in total. The SMILES string of the molecule is N#CCN1CCCC(CO)C1. The standard InChI is InChI=1S/C8H14N2O/c9-3-5-10-4-1-2-8(6-10)7-11/h8,11H,1-2,4-7H2. The summed E-state index contributed by atoms with van der Waals surface area (Å²) < 4.78 is 0. The summed E-state index contributed by atoms with van der Waals surface area (Å²) in [5.41, 5.74) is 0. The van der Waals surface area contributed by atoms with Crippen molar-refractivity contribution >= 4 is 0 Å². The molecule has 62 valence electrons. The van der Waals surface area contributed by atoms with Gasteiger partial charge in [-0.25, -0.2) is 0 Å². The largest absolute Gasteiger partial charge is 0.396 e. The van der Waals surface area contributed by atoms with Gasteiger partial charge in [-0.3, -0.25) is 4.90 Å². The lowest BCUT2D eigenvalue weighted by Gasteiger charge is -2.29. The molecule has 1 aliphatic rings. The maximum atomic E-state index is 8.87. The van der Waals surface area contributed by atoms with Gasteiger partial charge in [-0.1, -0.05) is 0 Å². The molecule has 1 fully saturated rings. The fourth-order valence-electron chi connectivity index (χ4n) is 1.54. The highest BCUT2D eigenvalue weighted by Gasteiger charge is 2.17. The second-order valence-electron chi connectivity index (χ2n) is 3.08. The van der Waals surface area contributed by atoms with Crippen molar-refractivity contribution in [2.45, 2.75) is 12.8 Å². The second-order valence-corrected chi connectivity index (χ2v) is 3.08. The summed E-state index contributed by atoms with van der Waals surface area (Å²) in [5.74, 6) is 0.400. The maximum absolute atomic E-state index is 8.87. The minimum absolute atomic E-state index is 0.266. The Labute approximate surface area is 67.2 Å². The molecule has 11 heavy (non-hydrogen) atoms. The normalized spacial score (nSPS) is 26.4. The zero-order valence-corrected chi connectivity index (χ0v) is 6.66. The van der Waals surface area contributed by atoms with Gasteiger partial charge in [0.25, 0.3) is 0 Å². The summed E-state index contributed by atoms with van der Waals surface area (Å²) in [5, 5.41) is 17.3. The second kappa shape index (κ2) is 4.32. The van der Waals surface area contributed by atoms with E-state index in [2.05, 4.69) is 11.0 Å². The molecule has 1 aliphatic heterocycles. The lowest BCUT2D eigenvalue weighted by Crippen LogP contribution is -2.36. The van der Waals surface area contributed by atoms with Gasteiger partial charge < -0.3 is 5.11 Å². The predicted octanol–water partition coefficient (Wildman–Crippen LogP) is 0.214. The number of nitrogens with zero attached hydrogens (tertiary/aromatic N) is 2. The summed E-state index contributed by atoms with van der Waals surface area (Å²) in [6, 6.07) is 2.13. The van der Waals surface area contributed by atoms with Crippen LogP contribution in [-0.4, -0.2) is 36.2 Å². The highest BCUT2D eigenvalue weighted by Crippen LogP contribution is 2.14. The molecule has 0 radical (unpaired) electrons. The molecule has 3 heteroatoms. The molecule has 1 N–H and O–H groups in total. The zero-order valence-electron chi connectivity index (χ0n) is 6.66. The van der Waals surface area contributed by atoms with E-state index in [0.717, 1.165) is 25.9 Å². The molecule has 0 saturated carbocycles. The van der Waals surface area contributed by atoms with Gasteiger partial charge >= 0.3 is 0 Å². The van der Waals surface area contributed by atoms with E-state index in [1.165, 1.54) is 0 Å². The number of nitriles is 1. The van der Waals surface area contributed by atoms with E-state index in [9.17, 15) is 0 Å². The summed E-state index contributed by atoms with van der Waals surface area (Å²) in [6.07, 6.45) is 2.23. The average Bonchev–Trinajstić information content (AvgIpc) is 2.06. The Bertz CT molecular complexity index is 153. The van der Waals surface area contributed by atoms with E-state index in [1.807, 2.05) is 0 Å². The highest BCUT2D eigenvalue weighted by molar-refractivity contribution is 4.80. The molecule has 1 unspecified atom stereocenters. The Balaban J connectivity index is 2.28. The maximum Gasteiger partial charge on any atom is 0.0866 e. The molecule has 0 aromatic carbocycles.